The lowest BCUT2D eigenvalue weighted by Crippen LogP contribution is -2.27. The Labute approximate surface area is 195 Å². The molecule has 174 valence electrons. The molecule has 0 aliphatic rings. The van der Waals surface area contributed by atoms with E-state index >= 15 is 0 Å². The maximum Gasteiger partial charge on any atom is 0.256 e. The number of aryl methyl sites for hydroxylation is 2. The Balaban J connectivity index is 1.91. The van der Waals surface area contributed by atoms with E-state index in [-0.39, 0.29) is 16.9 Å². The second kappa shape index (κ2) is 10.1. The standard InChI is InChI=1S/C25H29N3O4S/c1-16(2)32-22-14-20(19(5)28-33(30,31)23-10-8-17(3)9-11-23)13-21(15-22)25(29)27-24-18(4)7-6-12-26-24/h6-16,19,28H,1-5H3,(H,26,27,29). The molecule has 0 saturated carbocycles. The highest BCUT2D eigenvalue weighted by atomic mass is 32.2. The smallest absolute Gasteiger partial charge is 0.256 e. The Morgan fingerprint density at radius 1 is 1.00 bits per heavy atom. The van der Waals surface area contributed by atoms with E-state index in [9.17, 15) is 13.2 Å². The predicted octanol–water partition coefficient (Wildman–Crippen LogP) is 4.78. The van der Waals surface area contributed by atoms with Gasteiger partial charge in [-0.2, -0.15) is 0 Å². The number of pyridine rings is 1. The molecule has 2 aromatic carbocycles. The summed E-state index contributed by atoms with van der Waals surface area (Å²) >= 11 is 0. The molecular formula is C25H29N3O4S. The number of hydrogen-bond acceptors (Lipinski definition) is 5. The van der Waals surface area contributed by atoms with Gasteiger partial charge in [0.05, 0.1) is 11.0 Å². The van der Waals surface area contributed by atoms with Gasteiger partial charge in [0.25, 0.3) is 5.91 Å². The van der Waals surface area contributed by atoms with E-state index in [4.69, 9.17) is 4.74 Å². The van der Waals surface area contributed by atoms with Crippen LogP contribution < -0.4 is 14.8 Å². The van der Waals surface area contributed by atoms with Gasteiger partial charge in [-0.25, -0.2) is 18.1 Å². The average molecular weight is 468 g/mol. The second-order valence-corrected chi connectivity index (χ2v) is 9.95. The molecule has 0 spiro atoms. The molecule has 0 aliphatic carbocycles. The molecule has 3 aromatic rings. The van der Waals surface area contributed by atoms with E-state index in [1.54, 1.807) is 61.7 Å². The minimum absolute atomic E-state index is 0.117. The summed E-state index contributed by atoms with van der Waals surface area (Å²) in [4.78, 5) is 17.4. The summed E-state index contributed by atoms with van der Waals surface area (Å²) in [6.45, 7) is 9.24. The number of amides is 1. The van der Waals surface area contributed by atoms with E-state index in [2.05, 4.69) is 15.0 Å². The van der Waals surface area contributed by atoms with Crippen molar-refractivity contribution in [1.82, 2.24) is 9.71 Å². The zero-order valence-electron chi connectivity index (χ0n) is 19.4. The van der Waals surface area contributed by atoms with Crippen LogP contribution in [-0.2, 0) is 10.0 Å². The van der Waals surface area contributed by atoms with Gasteiger partial charge in [-0.15, -0.1) is 0 Å². The van der Waals surface area contributed by atoms with Crippen molar-refractivity contribution < 1.29 is 17.9 Å². The quantitative estimate of drug-likeness (QED) is 0.497. The van der Waals surface area contributed by atoms with Gasteiger partial charge in [-0.05, 0) is 82.1 Å². The highest BCUT2D eigenvalue weighted by Crippen LogP contribution is 2.25. The van der Waals surface area contributed by atoms with Crippen LogP contribution in [0, 0.1) is 13.8 Å². The number of carbonyl (C=O) groups excluding carboxylic acids is 1. The number of nitrogens with zero attached hydrogens (tertiary/aromatic N) is 1. The Kier molecular flexibility index (Phi) is 7.50. The van der Waals surface area contributed by atoms with Gasteiger partial charge in [0, 0.05) is 17.8 Å². The van der Waals surface area contributed by atoms with Crippen LogP contribution in [0.4, 0.5) is 5.82 Å². The van der Waals surface area contributed by atoms with Crippen LogP contribution in [-0.4, -0.2) is 25.4 Å². The number of nitrogens with one attached hydrogen (secondary N) is 2. The van der Waals surface area contributed by atoms with Crippen molar-refractivity contribution >= 4 is 21.7 Å². The topological polar surface area (TPSA) is 97.4 Å². The number of hydrogen-bond donors (Lipinski definition) is 2. The fourth-order valence-electron chi connectivity index (χ4n) is 3.23. The minimum Gasteiger partial charge on any atom is -0.491 e. The maximum atomic E-state index is 13.0. The summed E-state index contributed by atoms with van der Waals surface area (Å²) in [6.07, 6.45) is 1.49. The highest BCUT2D eigenvalue weighted by Gasteiger charge is 2.21. The van der Waals surface area contributed by atoms with Crippen LogP contribution in [0.3, 0.4) is 0 Å². The van der Waals surface area contributed by atoms with Crippen molar-refractivity contribution in [3.05, 3.63) is 83.0 Å². The third-order valence-corrected chi connectivity index (χ3v) is 6.52. The normalized spacial score (nSPS) is 12.4. The predicted molar refractivity (Wildman–Crippen MR) is 129 cm³/mol. The molecule has 1 heterocycles. The molecule has 2 N–H and O–H groups in total. The largest absolute Gasteiger partial charge is 0.491 e. The van der Waals surface area contributed by atoms with E-state index < -0.39 is 16.1 Å². The van der Waals surface area contributed by atoms with Gasteiger partial charge in [-0.3, -0.25) is 4.79 Å². The third kappa shape index (κ3) is 6.40. The summed E-state index contributed by atoms with van der Waals surface area (Å²) in [7, 11) is -3.75. The molecule has 33 heavy (non-hydrogen) atoms. The summed E-state index contributed by atoms with van der Waals surface area (Å²) < 4.78 is 34.2. The molecule has 0 fully saturated rings. The van der Waals surface area contributed by atoms with Gasteiger partial charge in [-0.1, -0.05) is 23.8 Å². The Hall–Kier alpha value is -3.23. The number of ether oxygens (including phenoxy) is 1. The number of sulfonamides is 1. The third-order valence-electron chi connectivity index (χ3n) is 4.97. The molecule has 0 aliphatic heterocycles. The molecule has 1 aromatic heterocycles. The first-order valence-electron chi connectivity index (χ1n) is 10.7. The average Bonchev–Trinajstić information content (AvgIpc) is 2.74. The highest BCUT2D eigenvalue weighted by molar-refractivity contribution is 7.89. The van der Waals surface area contributed by atoms with E-state index in [0.717, 1.165) is 11.1 Å². The SMILES string of the molecule is Cc1ccc(S(=O)(=O)NC(C)c2cc(OC(C)C)cc(C(=O)Nc3ncccc3C)c2)cc1. The van der Waals surface area contributed by atoms with Crippen LogP contribution in [0.2, 0.25) is 0 Å². The first-order chi connectivity index (χ1) is 15.5. The van der Waals surface area contributed by atoms with E-state index in [1.807, 2.05) is 33.8 Å². The van der Waals surface area contributed by atoms with Crippen molar-refractivity contribution in [3.63, 3.8) is 0 Å². The monoisotopic (exact) mass is 467 g/mol. The van der Waals surface area contributed by atoms with Crippen LogP contribution in [0.1, 0.15) is 53.9 Å². The second-order valence-electron chi connectivity index (χ2n) is 8.24. The molecule has 1 amide bonds. The fourth-order valence-corrected chi connectivity index (χ4v) is 4.46. The van der Waals surface area contributed by atoms with Crippen molar-refractivity contribution in [2.24, 2.45) is 0 Å². The zero-order chi connectivity index (χ0) is 24.2. The lowest BCUT2D eigenvalue weighted by molar-refractivity contribution is 0.102. The maximum absolute atomic E-state index is 13.0. The molecule has 0 saturated heterocycles. The van der Waals surface area contributed by atoms with Crippen LogP contribution in [0.5, 0.6) is 5.75 Å². The van der Waals surface area contributed by atoms with Gasteiger partial charge >= 0.3 is 0 Å². The van der Waals surface area contributed by atoms with Crippen molar-refractivity contribution in [3.8, 4) is 5.75 Å². The molecular weight excluding hydrogens is 438 g/mol. The molecule has 1 unspecified atom stereocenters. The first kappa shape index (κ1) is 24.4. The van der Waals surface area contributed by atoms with E-state index in [1.165, 1.54) is 0 Å². The first-order valence-corrected chi connectivity index (χ1v) is 12.2. The number of carbonyl (C=O) groups is 1. The fraction of sp³-hybridized carbons (Fsp3) is 0.280. The van der Waals surface area contributed by atoms with Gasteiger partial charge in [0.1, 0.15) is 11.6 Å². The van der Waals surface area contributed by atoms with Gasteiger partial charge in [0.2, 0.25) is 10.0 Å². The Morgan fingerprint density at radius 3 is 2.33 bits per heavy atom. The van der Waals surface area contributed by atoms with E-state index in [0.29, 0.717) is 22.7 Å². The van der Waals surface area contributed by atoms with Gasteiger partial charge in [0.15, 0.2) is 0 Å². The van der Waals surface area contributed by atoms with Crippen LogP contribution in [0.25, 0.3) is 0 Å². The molecule has 7 nitrogen and oxygen atoms in total. The molecule has 3 rings (SSSR count). The number of aromatic nitrogens is 1. The number of anilines is 1. The van der Waals surface area contributed by atoms with Gasteiger partial charge < -0.3 is 10.1 Å². The van der Waals surface area contributed by atoms with Crippen LogP contribution in [0.15, 0.2) is 65.7 Å². The minimum atomic E-state index is -3.75. The zero-order valence-corrected chi connectivity index (χ0v) is 20.2. The summed E-state index contributed by atoms with van der Waals surface area (Å²) in [5.41, 5.74) is 2.75. The van der Waals surface area contributed by atoms with Crippen molar-refractivity contribution in [1.29, 1.82) is 0 Å². The molecule has 1 atom stereocenters. The van der Waals surface area contributed by atoms with Crippen molar-refractivity contribution in [2.75, 3.05) is 5.32 Å². The van der Waals surface area contributed by atoms with Crippen LogP contribution >= 0.6 is 0 Å². The lowest BCUT2D eigenvalue weighted by atomic mass is 10.0. The molecule has 0 radical (unpaired) electrons. The molecule has 8 heteroatoms. The number of rotatable bonds is 8. The lowest BCUT2D eigenvalue weighted by Gasteiger charge is -2.18. The Morgan fingerprint density at radius 2 is 1.70 bits per heavy atom. The number of benzene rings is 2. The van der Waals surface area contributed by atoms with Crippen molar-refractivity contribution in [2.45, 2.75) is 51.7 Å². The summed E-state index contributed by atoms with van der Waals surface area (Å²) in [6, 6.07) is 14.7. The molecule has 0 bridgehead atoms. The summed E-state index contributed by atoms with van der Waals surface area (Å²) in [5, 5.41) is 2.81. The summed E-state index contributed by atoms with van der Waals surface area (Å²) in [5.74, 6) is 0.583. The Bertz CT molecular complexity index is 1240.